The molecule has 1 aromatic rings. The van der Waals surface area contributed by atoms with Crippen molar-refractivity contribution in [2.24, 2.45) is 0 Å². The smallest absolute Gasteiger partial charge is 0.444 e. The molecule has 44 heavy (non-hydrogen) atoms. The number of amides is 3. The number of carbonyl (C=O) groups is 3. The molecule has 4 atom stereocenters. The van der Waals surface area contributed by atoms with Gasteiger partial charge in [-0.05, 0) is 36.9 Å². The summed E-state index contributed by atoms with van der Waals surface area (Å²) in [6, 6.07) is 5.80. The minimum atomic E-state index is -4.30. The first-order chi connectivity index (χ1) is 21.0. The quantitative estimate of drug-likeness (QED) is 0.282. The molecule has 0 bridgehead atoms. The first-order valence-corrected chi connectivity index (χ1v) is 15.8. The molecule has 3 amide bonds. The van der Waals surface area contributed by atoms with Gasteiger partial charge in [0.25, 0.3) is 0 Å². The highest BCUT2D eigenvalue weighted by Crippen LogP contribution is 2.28. The summed E-state index contributed by atoms with van der Waals surface area (Å²) in [4.78, 5) is 43.4. The number of halogens is 3. The highest BCUT2D eigenvalue weighted by Gasteiger charge is 2.44. The number of ether oxygens (including phenoxy) is 1. The van der Waals surface area contributed by atoms with E-state index in [4.69, 9.17) is 4.74 Å². The first-order valence-electron chi connectivity index (χ1n) is 15.8. The standard InChI is InChI=1S/C30H44BF3N4O6/c32-30(33,34)15-10-16-35-24-13-6-4-2-1-3-5-7-14-26(31(42)43)36-27(39)25-17-23(20-38(25)28(24)40)44-29(41)37-18-21-11-8-9-12-22(21)19-37/h8-9,11-12,23-26,35,42-43H,1-7,10,13-20H2,(H,36,39)/t23-,24?,25+,26-/m1/s1. The molecule has 0 saturated carbocycles. The van der Waals surface area contributed by atoms with Crippen molar-refractivity contribution in [3.63, 3.8) is 0 Å². The Morgan fingerprint density at radius 3 is 2.23 bits per heavy atom. The second-order valence-electron chi connectivity index (χ2n) is 12.2. The highest BCUT2D eigenvalue weighted by molar-refractivity contribution is 6.43. The van der Waals surface area contributed by atoms with E-state index in [1.165, 1.54) is 4.90 Å². The number of nitrogens with one attached hydrogen (secondary N) is 2. The lowest BCUT2D eigenvalue weighted by atomic mass is 9.76. The number of rotatable bonds is 6. The first kappa shape index (κ1) is 34.0. The average Bonchev–Trinajstić information content (AvgIpc) is 3.60. The van der Waals surface area contributed by atoms with Gasteiger partial charge < -0.3 is 30.3 Å². The van der Waals surface area contributed by atoms with Gasteiger partial charge in [-0.2, -0.15) is 13.2 Å². The SMILES string of the molecule is O=C1N[C@@H](B(O)O)CCCCCCCCCC(NCCCC(F)(F)F)C(=O)N2C[C@H](OC(=O)N3Cc4ccccc4C3)C[C@@H]12. The fourth-order valence-electron chi connectivity index (χ4n) is 6.30. The summed E-state index contributed by atoms with van der Waals surface area (Å²) in [5.74, 6) is -1.97. The fraction of sp³-hybridized carbons (Fsp3) is 0.700. The average molecular weight is 625 g/mol. The highest BCUT2D eigenvalue weighted by atomic mass is 19.4. The van der Waals surface area contributed by atoms with Crippen LogP contribution in [-0.2, 0) is 27.4 Å². The molecule has 3 aliphatic heterocycles. The van der Waals surface area contributed by atoms with E-state index in [0.29, 0.717) is 38.8 Å². The minimum Gasteiger partial charge on any atom is -0.444 e. The summed E-state index contributed by atoms with van der Waals surface area (Å²) < 4.78 is 44.0. The van der Waals surface area contributed by atoms with Crippen LogP contribution in [-0.4, -0.2) is 88.3 Å². The molecular weight excluding hydrogens is 580 g/mol. The van der Waals surface area contributed by atoms with E-state index in [-0.39, 0.29) is 25.9 Å². The summed E-state index contributed by atoms with van der Waals surface area (Å²) >= 11 is 0. The molecule has 0 spiro atoms. The van der Waals surface area contributed by atoms with E-state index in [1.54, 1.807) is 4.90 Å². The van der Waals surface area contributed by atoms with Crippen molar-refractivity contribution in [1.82, 2.24) is 20.4 Å². The number of hydrogen-bond acceptors (Lipinski definition) is 7. The largest absolute Gasteiger partial charge is 0.475 e. The third kappa shape index (κ3) is 9.83. The lowest BCUT2D eigenvalue weighted by Gasteiger charge is -2.30. The summed E-state index contributed by atoms with van der Waals surface area (Å²) in [7, 11) is -1.79. The van der Waals surface area contributed by atoms with Crippen LogP contribution in [0.15, 0.2) is 24.3 Å². The Hall–Kier alpha value is -2.84. The zero-order chi connectivity index (χ0) is 31.7. The van der Waals surface area contributed by atoms with Crippen LogP contribution in [0, 0.1) is 0 Å². The molecule has 0 aromatic heterocycles. The number of hydrogen-bond donors (Lipinski definition) is 4. The molecule has 244 valence electrons. The lowest BCUT2D eigenvalue weighted by molar-refractivity contribution is -0.140. The molecule has 4 N–H and O–H groups in total. The number of carbonyl (C=O) groups excluding carboxylic acids is 3. The predicted molar refractivity (Wildman–Crippen MR) is 157 cm³/mol. The van der Waals surface area contributed by atoms with Gasteiger partial charge >= 0.3 is 19.4 Å². The molecule has 3 heterocycles. The second-order valence-corrected chi connectivity index (χ2v) is 12.2. The third-order valence-corrected chi connectivity index (χ3v) is 8.74. The van der Waals surface area contributed by atoms with Gasteiger partial charge in [-0.25, -0.2) is 4.79 Å². The van der Waals surface area contributed by atoms with Crippen molar-refractivity contribution in [2.45, 2.75) is 120 Å². The van der Waals surface area contributed by atoms with E-state index >= 15 is 0 Å². The Bertz CT molecular complexity index is 1100. The number of fused-ring (bicyclic) bond motifs is 2. The predicted octanol–water partition coefficient (Wildman–Crippen LogP) is 3.43. The molecule has 0 radical (unpaired) electrons. The number of alkyl halides is 3. The van der Waals surface area contributed by atoms with Crippen LogP contribution in [0.1, 0.15) is 88.2 Å². The van der Waals surface area contributed by atoms with Crippen LogP contribution in [0.3, 0.4) is 0 Å². The third-order valence-electron chi connectivity index (χ3n) is 8.74. The summed E-state index contributed by atoms with van der Waals surface area (Å²) in [6.45, 7) is 0.687. The Morgan fingerprint density at radius 1 is 1.00 bits per heavy atom. The van der Waals surface area contributed by atoms with Crippen LogP contribution in [0.2, 0.25) is 0 Å². The topological polar surface area (TPSA) is 131 Å². The van der Waals surface area contributed by atoms with Gasteiger partial charge in [0, 0.05) is 25.9 Å². The fourth-order valence-corrected chi connectivity index (χ4v) is 6.30. The van der Waals surface area contributed by atoms with E-state index in [9.17, 15) is 37.6 Å². The van der Waals surface area contributed by atoms with Crippen LogP contribution >= 0.6 is 0 Å². The van der Waals surface area contributed by atoms with Gasteiger partial charge in [0.1, 0.15) is 12.1 Å². The van der Waals surface area contributed by atoms with Gasteiger partial charge in [0.15, 0.2) is 0 Å². The van der Waals surface area contributed by atoms with Gasteiger partial charge in [0.2, 0.25) is 11.8 Å². The maximum absolute atomic E-state index is 13.9. The van der Waals surface area contributed by atoms with Crippen molar-refractivity contribution in [1.29, 1.82) is 0 Å². The van der Waals surface area contributed by atoms with Crippen LogP contribution in [0.5, 0.6) is 0 Å². The molecule has 3 aliphatic rings. The van der Waals surface area contributed by atoms with E-state index < -0.39 is 61.8 Å². The monoisotopic (exact) mass is 624 g/mol. The van der Waals surface area contributed by atoms with Crippen LogP contribution in [0.4, 0.5) is 18.0 Å². The number of benzene rings is 1. The van der Waals surface area contributed by atoms with E-state index in [1.807, 2.05) is 24.3 Å². The Kier molecular flexibility index (Phi) is 12.3. The number of nitrogens with zero attached hydrogens (tertiary/aromatic N) is 2. The molecular formula is C30H44BF3N4O6. The van der Waals surface area contributed by atoms with Crippen molar-refractivity contribution in [2.75, 3.05) is 13.1 Å². The Balaban J connectivity index is 1.49. The van der Waals surface area contributed by atoms with Crippen molar-refractivity contribution in [3.05, 3.63) is 35.4 Å². The van der Waals surface area contributed by atoms with Gasteiger partial charge in [-0.3, -0.25) is 14.5 Å². The normalized spacial score (nSPS) is 25.8. The molecule has 14 heteroatoms. The van der Waals surface area contributed by atoms with Crippen molar-refractivity contribution in [3.8, 4) is 0 Å². The Labute approximate surface area is 256 Å². The van der Waals surface area contributed by atoms with E-state index in [2.05, 4.69) is 10.6 Å². The lowest BCUT2D eigenvalue weighted by Crippen LogP contribution is -2.56. The van der Waals surface area contributed by atoms with Gasteiger partial charge in [0.05, 0.1) is 18.5 Å². The molecule has 2 fully saturated rings. The molecule has 4 rings (SSSR count). The molecule has 1 aromatic carbocycles. The van der Waals surface area contributed by atoms with Gasteiger partial charge in [-0.15, -0.1) is 0 Å². The Morgan fingerprint density at radius 2 is 1.61 bits per heavy atom. The maximum Gasteiger partial charge on any atom is 0.475 e. The van der Waals surface area contributed by atoms with Gasteiger partial charge in [-0.1, -0.05) is 69.2 Å². The summed E-state index contributed by atoms with van der Waals surface area (Å²) in [6.07, 6.45) is -0.0865. The summed E-state index contributed by atoms with van der Waals surface area (Å²) in [5, 5.41) is 25.6. The molecule has 10 nitrogen and oxygen atoms in total. The minimum absolute atomic E-state index is 0.0130. The van der Waals surface area contributed by atoms with Crippen LogP contribution < -0.4 is 10.6 Å². The zero-order valence-corrected chi connectivity index (χ0v) is 25.1. The van der Waals surface area contributed by atoms with Crippen molar-refractivity contribution < 1.29 is 42.3 Å². The summed E-state index contributed by atoms with van der Waals surface area (Å²) in [5.41, 5.74) is 2.03. The molecule has 1 unspecified atom stereocenters. The molecule has 0 aliphatic carbocycles. The maximum atomic E-state index is 13.9. The second kappa shape index (κ2) is 15.9. The van der Waals surface area contributed by atoms with E-state index in [0.717, 1.165) is 43.2 Å². The van der Waals surface area contributed by atoms with Crippen molar-refractivity contribution >= 4 is 25.0 Å². The van der Waals surface area contributed by atoms with Crippen LogP contribution in [0.25, 0.3) is 0 Å². The molecule has 2 saturated heterocycles. The zero-order valence-electron chi connectivity index (χ0n) is 25.1.